The maximum atomic E-state index is 14.2. The van der Waals surface area contributed by atoms with Crippen molar-refractivity contribution in [1.82, 2.24) is 5.32 Å². The fourth-order valence-corrected chi connectivity index (χ4v) is 2.50. The Bertz CT molecular complexity index is 547. The summed E-state index contributed by atoms with van der Waals surface area (Å²) in [5.74, 6) is -0.677. The average Bonchev–Trinajstić information content (AvgIpc) is 2.40. The summed E-state index contributed by atoms with van der Waals surface area (Å²) in [6.07, 6.45) is 0. The van der Waals surface area contributed by atoms with Crippen molar-refractivity contribution >= 4 is 15.9 Å². The topological polar surface area (TPSA) is 12.0 Å². The number of aryl methyl sites for hydroxylation is 1. The van der Waals surface area contributed by atoms with Crippen molar-refractivity contribution in [2.24, 2.45) is 0 Å². The van der Waals surface area contributed by atoms with Crippen LogP contribution in [0.5, 0.6) is 0 Å². The Hall–Kier alpha value is -1.26. The van der Waals surface area contributed by atoms with Crippen LogP contribution >= 0.6 is 15.9 Å². The molecule has 0 fully saturated rings. The van der Waals surface area contributed by atoms with Gasteiger partial charge in [-0.05, 0) is 41.5 Å². The summed E-state index contributed by atoms with van der Waals surface area (Å²) in [7, 11) is 1.69. The first kappa shape index (κ1) is 14.2. The van der Waals surface area contributed by atoms with Gasteiger partial charge in [0.25, 0.3) is 0 Å². The highest BCUT2D eigenvalue weighted by Crippen LogP contribution is 2.30. The van der Waals surface area contributed by atoms with E-state index in [0.717, 1.165) is 0 Å². The third kappa shape index (κ3) is 2.69. The van der Waals surface area contributed by atoms with E-state index in [4.69, 9.17) is 0 Å². The summed E-state index contributed by atoms with van der Waals surface area (Å²) in [6, 6.07) is 9.64. The van der Waals surface area contributed by atoms with E-state index in [1.807, 2.05) is 0 Å². The number of nitrogens with one attached hydrogen (secondary N) is 1. The standard InChI is InChI=1S/C15H14BrF2N/c1-9-5-3-6-10(13(9)17)15(19-2)11-7-4-8-12(16)14(11)18/h3-8,15,19H,1-2H3. The first-order chi connectivity index (χ1) is 9.06. The van der Waals surface area contributed by atoms with Crippen molar-refractivity contribution in [2.45, 2.75) is 13.0 Å². The molecule has 1 N–H and O–H groups in total. The van der Waals surface area contributed by atoms with Crippen molar-refractivity contribution in [3.8, 4) is 0 Å². The Morgan fingerprint density at radius 3 is 2.21 bits per heavy atom. The second-order valence-electron chi connectivity index (χ2n) is 4.34. The van der Waals surface area contributed by atoms with Crippen LogP contribution in [0.4, 0.5) is 8.78 Å². The minimum atomic E-state index is -0.516. The van der Waals surface area contributed by atoms with Gasteiger partial charge in [-0.2, -0.15) is 0 Å². The zero-order chi connectivity index (χ0) is 14.0. The molecule has 2 aromatic carbocycles. The highest BCUT2D eigenvalue weighted by Gasteiger charge is 2.21. The number of rotatable bonds is 3. The molecule has 0 aliphatic rings. The van der Waals surface area contributed by atoms with Gasteiger partial charge in [0.2, 0.25) is 0 Å². The van der Waals surface area contributed by atoms with Crippen LogP contribution in [0.1, 0.15) is 22.7 Å². The Morgan fingerprint density at radius 2 is 1.58 bits per heavy atom. The van der Waals surface area contributed by atoms with Gasteiger partial charge in [0.05, 0.1) is 10.5 Å². The molecule has 1 nitrogen and oxygen atoms in total. The van der Waals surface area contributed by atoms with Crippen LogP contribution < -0.4 is 5.32 Å². The number of halogens is 3. The minimum Gasteiger partial charge on any atom is -0.309 e. The summed E-state index contributed by atoms with van der Waals surface area (Å²) >= 11 is 3.15. The number of benzene rings is 2. The first-order valence-electron chi connectivity index (χ1n) is 5.92. The molecule has 0 amide bonds. The van der Waals surface area contributed by atoms with E-state index in [1.54, 1.807) is 50.4 Å². The molecule has 0 spiro atoms. The second-order valence-corrected chi connectivity index (χ2v) is 5.20. The van der Waals surface area contributed by atoms with Crippen molar-refractivity contribution in [3.63, 3.8) is 0 Å². The predicted octanol–water partition coefficient (Wildman–Crippen LogP) is 4.34. The first-order valence-corrected chi connectivity index (χ1v) is 6.71. The van der Waals surface area contributed by atoms with Gasteiger partial charge in [-0.3, -0.25) is 0 Å². The maximum absolute atomic E-state index is 14.2. The van der Waals surface area contributed by atoms with E-state index in [2.05, 4.69) is 21.2 Å². The van der Waals surface area contributed by atoms with Gasteiger partial charge in [0.1, 0.15) is 11.6 Å². The fourth-order valence-electron chi connectivity index (χ4n) is 2.12. The molecule has 4 heteroatoms. The summed E-state index contributed by atoms with van der Waals surface area (Å²) < 4.78 is 28.7. The Labute approximate surface area is 119 Å². The Balaban J connectivity index is 2.57. The summed E-state index contributed by atoms with van der Waals surface area (Å²) in [5.41, 5.74) is 1.41. The fraction of sp³-hybridized carbons (Fsp3) is 0.200. The van der Waals surface area contributed by atoms with Crippen molar-refractivity contribution in [1.29, 1.82) is 0 Å². The lowest BCUT2D eigenvalue weighted by molar-refractivity contribution is 0.541. The summed E-state index contributed by atoms with van der Waals surface area (Å²) in [5, 5.41) is 2.97. The Kier molecular flexibility index (Phi) is 4.32. The lowest BCUT2D eigenvalue weighted by Crippen LogP contribution is -2.20. The molecule has 0 heterocycles. The van der Waals surface area contributed by atoms with Gasteiger partial charge in [-0.1, -0.05) is 30.3 Å². The number of hydrogen-bond acceptors (Lipinski definition) is 1. The monoisotopic (exact) mass is 325 g/mol. The van der Waals surface area contributed by atoms with E-state index < -0.39 is 6.04 Å². The van der Waals surface area contributed by atoms with E-state index in [0.29, 0.717) is 21.2 Å². The van der Waals surface area contributed by atoms with E-state index in [9.17, 15) is 8.78 Å². The van der Waals surface area contributed by atoms with Gasteiger partial charge >= 0.3 is 0 Å². The third-order valence-electron chi connectivity index (χ3n) is 3.11. The molecule has 0 radical (unpaired) electrons. The van der Waals surface area contributed by atoms with Crippen molar-refractivity contribution in [3.05, 3.63) is 69.2 Å². The van der Waals surface area contributed by atoms with E-state index in [-0.39, 0.29) is 11.6 Å². The molecule has 0 saturated carbocycles. The predicted molar refractivity (Wildman–Crippen MR) is 76.1 cm³/mol. The van der Waals surface area contributed by atoms with Gasteiger partial charge < -0.3 is 5.32 Å². The zero-order valence-corrected chi connectivity index (χ0v) is 12.3. The van der Waals surface area contributed by atoms with Gasteiger partial charge in [-0.25, -0.2) is 8.78 Å². The van der Waals surface area contributed by atoms with Gasteiger partial charge in [0, 0.05) is 11.1 Å². The van der Waals surface area contributed by atoms with Crippen LogP contribution in [0, 0.1) is 18.6 Å². The molecular formula is C15H14BrF2N. The third-order valence-corrected chi connectivity index (χ3v) is 3.73. The Morgan fingerprint density at radius 1 is 1.00 bits per heavy atom. The van der Waals surface area contributed by atoms with Crippen LogP contribution in [0.2, 0.25) is 0 Å². The molecule has 19 heavy (non-hydrogen) atoms. The summed E-state index contributed by atoms with van der Waals surface area (Å²) in [4.78, 5) is 0. The SMILES string of the molecule is CNC(c1cccc(C)c1F)c1cccc(Br)c1F. The van der Waals surface area contributed by atoms with Crippen LogP contribution in [-0.2, 0) is 0 Å². The van der Waals surface area contributed by atoms with Crippen LogP contribution in [-0.4, -0.2) is 7.05 Å². The van der Waals surface area contributed by atoms with E-state index >= 15 is 0 Å². The van der Waals surface area contributed by atoms with Crippen molar-refractivity contribution in [2.75, 3.05) is 7.05 Å². The smallest absolute Gasteiger partial charge is 0.142 e. The average molecular weight is 326 g/mol. The molecule has 0 aliphatic heterocycles. The largest absolute Gasteiger partial charge is 0.309 e. The highest BCUT2D eigenvalue weighted by molar-refractivity contribution is 9.10. The maximum Gasteiger partial charge on any atom is 0.142 e. The molecular weight excluding hydrogens is 312 g/mol. The molecule has 100 valence electrons. The van der Waals surface area contributed by atoms with Crippen LogP contribution in [0.15, 0.2) is 40.9 Å². The minimum absolute atomic E-state index is 0.304. The molecule has 1 atom stereocenters. The second kappa shape index (κ2) is 5.80. The molecule has 0 aliphatic carbocycles. The van der Waals surface area contributed by atoms with Crippen LogP contribution in [0.3, 0.4) is 0 Å². The highest BCUT2D eigenvalue weighted by atomic mass is 79.9. The lowest BCUT2D eigenvalue weighted by Gasteiger charge is -2.19. The zero-order valence-electron chi connectivity index (χ0n) is 10.7. The van der Waals surface area contributed by atoms with Crippen molar-refractivity contribution < 1.29 is 8.78 Å². The molecule has 0 aromatic heterocycles. The molecule has 2 rings (SSSR count). The molecule has 2 aromatic rings. The number of hydrogen-bond donors (Lipinski definition) is 1. The normalized spacial score (nSPS) is 12.5. The molecule has 0 saturated heterocycles. The molecule has 1 unspecified atom stereocenters. The van der Waals surface area contributed by atoms with Gasteiger partial charge in [-0.15, -0.1) is 0 Å². The summed E-state index contributed by atoms with van der Waals surface area (Å²) in [6.45, 7) is 1.70. The van der Waals surface area contributed by atoms with Gasteiger partial charge in [0.15, 0.2) is 0 Å². The quantitative estimate of drug-likeness (QED) is 0.884. The van der Waals surface area contributed by atoms with E-state index in [1.165, 1.54) is 0 Å². The lowest BCUT2D eigenvalue weighted by atomic mass is 9.96. The van der Waals surface area contributed by atoms with Crippen LogP contribution in [0.25, 0.3) is 0 Å². The molecule has 0 bridgehead atoms.